The van der Waals surface area contributed by atoms with Gasteiger partial charge in [0.05, 0.1) is 7.11 Å². The maximum Gasteiger partial charge on any atom is 0.305 e. The molecule has 2 rings (SSSR count). The number of esters is 1. The van der Waals surface area contributed by atoms with Gasteiger partial charge in [-0.25, -0.2) is 0 Å². The molecule has 2 aromatic rings. The molecule has 0 fully saturated rings. The molecule has 0 unspecified atom stereocenters. The molecule has 0 aliphatic heterocycles. The van der Waals surface area contributed by atoms with E-state index in [4.69, 9.17) is 16.0 Å². The fourth-order valence-corrected chi connectivity index (χ4v) is 2.15. The van der Waals surface area contributed by atoms with Crippen molar-refractivity contribution in [1.82, 2.24) is 4.90 Å². The topological polar surface area (TPSA) is 59.8 Å². The molecule has 5 nitrogen and oxygen atoms in total. The monoisotopic (exact) mass is 309 g/mol. The third kappa shape index (κ3) is 3.76. The van der Waals surface area contributed by atoms with Crippen LogP contribution in [0.15, 0.2) is 28.7 Å². The molecule has 0 spiro atoms. The second-order valence-electron chi connectivity index (χ2n) is 4.70. The van der Waals surface area contributed by atoms with Crippen LogP contribution in [0.4, 0.5) is 0 Å². The average molecular weight is 310 g/mol. The summed E-state index contributed by atoms with van der Waals surface area (Å²) in [5.41, 5.74) is 0.616. The fourth-order valence-electron chi connectivity index (χ4n) is 1.97. The van der Waals surface area contributed by atoms with Gasteiger partial charge in [-0.05, 0) is 30.7 Å². The zero-order chi connectivity index (χ0) is 15.4. The Labute approximate surface area is 127 Å². The molecule has 0 bridgehead atoms. The van der Waals surface area contributed by atoms with Crippen LogP contribution < -0.4 is 0 Å². The minimum Gasteiger partial charge on any atom is -0.469 e. The molecule has 1 heterocycles. The molecular formula is C15H16ClNO4. The summed E-state index contributed by atoms with van der Waals surface area (Å²) in [7, 11) is 3.01. The Bertz CT molecular complexity index is 665. The van der Waals surface area contributed by atoms with Crippen molar-refractivity contribution in [3.63, 3.8) is 0 Å². The van der Waals surface area contributed by atoms with Crippen LogP contribution in [0, 0.1) is 0 Å². The zero-order valence-corrected chi connectivity index (χ0v) is 12.6. The van der Waals surface area contributed by atoms with Crippen LogP contribution in [0.5, 0.6) is 0 Å². The van der Waals surface area contributed by atoms with Crippen molar-refractivity contribution in [3.05, 3.63) is 35.0 Å². The molecule has 0 N–H and O–H groups in total. The lowest BCUT2D eigenvalue weighted by atomic mass is 10.2. The van der Waals surface area contributed by atoms with Crippen molar-refractivity contribution in [1.29, 1.82) is 0 Å². The Balaban J connectivity index is 2.02. The lowest BCUT2D eigenvalue weighted by Crippen LogP contribution is -2.27. The van der Waals surface area contributed by atoms with E-state index in [9.17, 15) is 9.59 Å². The second-order valence-corrected chi connectivity index (χ2v) is 5.14. The number of hydrogen-bond acceptors (Lipinski definition) is 4. The van der Waals surface area contributed by atoms with E-state index >= 15 is 0 Å². The van der Waals surface area contributed by atoms with Crippen molar-refractivity contribution in [3.8, 4) is 0 Å². The van der Waals surface area contributed by atoms with Gasteiger partial charge < -0.3 is 14.1 Å². The Morgan fingerprint density at radius 1 is 1.33 bits per heavy atom. The lowest BCUT2D eigenvalue weighted by Gasteiger charge is -2.14. The molecule has 1 amide bonds. The highest BCUT2D eigenvalue weighted by atomic mass is 35.5. The number of fused-ring (bicyclic) bond motifs is 1. The Hall–Kier alpha value is -2.01. The summed E-state index contributed by atoms with van der Waals surface area (Å²) in [4.78, 5) is 24.8. The minimum absolute atomic E-state index is 0.229. The van der Waals surface area contributed by atoms with Crippen LogP contribution in [0.1, 0.15) is 23.4 Å². The van der Waals surface area contributed by atoms with E-state index in [2.05, 4.69) is 4.74 Å². The third-order valence-electron chi connectivity index (χ3n) is 3.14. The van der Waals surface area contributed by atoms with E-state index in [-0.39, 0.29) is 24.1 Å². The maximum absolute atomic E-state index is 12.2. The summed E-state index contributed by atoms with van der Waals surface area (Å²) < 4.78 is 10.1. The van der Waals surface area contributed by atoms with Gasteiger partial charge in [0, 0.05) is 30.4 Å². The van der Waals surface area contributed by atoms with E-state index in [1.807, 2.05) is 0 Å². The van der Waals surface area contributed by atoms with Gasteiger partial charge in [0.2, 0.25) is 0 Å². The molecule has 0 aliphatic carbocycles. The molecule has 0 atom stereocenters. The van der Waals surface area contributed by atoms with Crippen LogP contribution in [0.3, 0.4) is 0 Å². The number of methoxy groups -OCH3 is 1. The smallest absolute Gasteiger partial charge is 0.305 e. The molecular weight excluding hydrogens is 294 g/mol. The van der Waals surface area contributed by atoms with Gasteiger partial charge in [-0.3, -0.25) is 9.59 Å². The Kier molecular flexibility index (Phi) is 4.85. The highest BCUT2D eigenvalue weighted by Gasteiger charge is 2.17. The summed E-state index contributed by atoms with van der Waals surface area (Å²) in [6.07, 6.45) is 0.824. The predicted molar refractivity (Wildman–Crippen MR) is 79.4 cm³/mol. The van der Waals surface area contributed by atoms with Crippen molar-refractivity contribution in [2.75, 3.05) is 20.7 Å². The number of halogens is 1. The summed E-state index contributed by atoms with van der Waals surface area (Å²) in [6.45, 7) is 0.450. The number of benzene rings is 1. The van der Waals surface area contributed by atoms with Gasteiger partial charge in [-0.15, -0.1) is 0 Å². The first kappa shape index (κ1) is 15.4. The number of rotatable bonds is 5. The fraction of sp³-hybridized carbons (Fsp3) is 0.333. The molecule has 0 aliphatic rings. The summed E-state index contributed by atoms with van der Waals surface area (Å²) >= 11 is 5.90. The quantitative estimate of drug-likeness (QED) is 0.796. The van der Waals surface area contributed by atoms with E-state index in [0.717, 1.165) is 5.39 Å². The van der Waals surface area contributed by atoms with Crippen LogP contribution in [0.25, 0.3) is 11.0 Å². The summed E-state index contributed by atoms with van der Waals surface area (Å²) in [6, 6.07) is 6.85. The van der Waals surface area contributed by atoms with Crippen molar-refractivity contribution >= 4 is 34.4 Å². The first-order valence-corrected chi connectivity index (χ1v) is 6.90. The normalized spacial score (nSPS) is 10.6. The van der Waals surface area contributed by atoms with Crippen molar-refractivity contribution < 1.29 is 18.7 Å². The Morgan fingerprint density at radius 3 is 2.81 bits per heavy atom. The third-order valence-corrected chi connectivity index (χ3v) is 3.37. The standard InChI is InChI=1S/C15H16ClNO4/c1-17(7-3-4-14(18)20-2)15(19)13-9-10-8-11(16)5-6-12(10)21-13/h5-6,8-9H,3-4,7H2,1-2H3. The number of amides is 1. The van der Waals surface area contributed by atoms with Crippen LogP contribution in [-0.2, 0) is 9.53 Å². The molecule has 0 saturated heterocycles. The molecule has 21 heavy (non-hydrogen) atoms. The minimum atomic E-state index is -0.283. The van der Waals surface area contributed by atoms with Gasteiger partial charge in [0.25, 0.3) is 5.91 Å². The molecule has 1 aromatic carbocycles. The van der Waals surface area contributed by atoms with Gasteiger partial charge in [0.1, 0.15) is 5.58 Å². The number of ether oxygens (including phenoxy) is 1. The van der Waals surface area contributed by atoms with Crippen molar-refractivity contribution in [2.45, 2.75) is 12.8 Å². The number of hydrogen-bond donors (Lipinski definition) is 0. The SMILES string of the molecule is COC(=O)CCCN(C)C(=O)c1cc2cc(Cl)ccc2o1. The lowest BCUT2D eigenvalue weighted by molar-refractivity contribution is -0.140. The predicted octanol–water partition coefficient (Wildman–Crippen LogP) is 3.11. The molecule has 0 saturated carbocycles. The number of carbonyl (C=O) groups excluding carboxylic acids is 2. The van der Waals surface area contributed by atoms with E-state index in [1.165, 1.54) is 12.0 Å². The maximum atomic E-state index is 12.2. The highest BCUT2D eigenvalue weighted by Crippen LogP contribution is 2.23. The van der Waals surface area contributed by atoms with Crippen molar-refractivity contribution in [2.24, 2.45) is 0 Å². The highest BCUT2D eigenvalue weighted by molar-refractivity contribution is 6.31. The average Bonchev–Trinajstić information content (AvgIpc) is 2.88. The van der Waals surface area contributed by atoms with E-state index in [0.29, 0.717) is 23.6 Å². The largest absolute Gasteiger partial charge is 0.469 e. The first-order chi connectivity index (χ1) is 10.0. The number of carbonyl (C=O) groups is 2. The van der Waals surface area contributed by atoms with E-state index in [1.54, 1.807) is 31.3 Å². The Morgan fingerprint density at radius 2 is 2.10 bits per heavy atom. The summed E-state index contributed by atoms with van der Waals surface area (Å²) in [5.74, 6) is -0.255. The molecule has 6 heteroatoms. The second kappa shape index (κ2) is 6.63. The number of furan rings is 1. The van der Waals surface area contributed by atoms with Gasteiger partial charge in [0.15, 0.2) is 5.76 Å². The van der Waals surface area contributed by atoms with Gasteiger partial charge in [-0.2, -0.15) is 0 Å². The van der Waals surface area contributed by atoms with Gasteiger partial charge >= 0.3 is 5.97 Å². The van der Waals surface area contributed by atoms with Crippen LogP contribution in [0.2, 0.25) is 5.02 Å². The van der Waals surface area contributed by atoms with Crippen LogP contribution >= 0.6 is 11.6 Å². The number of nitrogens with zero attached hydrogens (tertiary/aromatic N) is 1. The van der Waals surface area contributed by atoms with Crippen LogP contribution in [-0.4, -0.2) is 37.5 Å². The molecule has 1 aromatic heterocycles. The molecule has 0 radical (unpaired) electrons. The summed E-state index contributed by atoms with van der Waals surface area (Å²) in [5, 5.41) is 1.38. The molecule has 112 valence electrons. The van der Waals surface area contributed by atoms with Gasteiger partial charge in [-0.1, -0.05) is 11.6 Å². The van der Waals surface area contributed by atoms with E-state index < -0.39 is 0 Å². The zero-order valence-electron chi connectivity index (χ0n) is 11.9. The first-order valence-electron chi connectivity index (χ1n) is 6.52.